The van der Waals surface area contributed by atoms with Gasteiger partial charge in [-0.25, -0.2) is 4.98 Å². The number of thiazole rings is 1. The predicted molar refractivity (Wildman–Crippen MR) is 104 cm³/mol. The highest BCUT2D eigenvalue weighted by molar-refractivity contribution is 7.13. The molecule has 1 N–H and O–H groups in total. The normalized spacial score (nSPS) is 14.7. The molecule has 0 saturated carbocycles. The zero-order valence-electron chi connectivity index (χ0n) is 14.1. The van der Waals surface area contributed by atoms with Crippen molar-refractivity contribution >= 4 is 34.0 Å². The van der Waals surface area contributed by atoms with Crippen molar-refractivity contribution in [1.29, 1.82) is 0 Å². The first kappa shape index (κ1) is 17.3. The number of benzene rings is 1. The van der Waals surface area contributed by atoms with E-state index in [2.05, 4.69) is 15.2 Å². The summed E-state index contributed by atoms with van der Waals surface area (Å²) in [5, 5.41) is 6.06. The number of hydrogen-bond acceptors (Lipinski definition) is 5. The van der Waals surface area contributed by atoms with Crippen LogP contribution >= 0.6 is 22.9 Å². The zero-order chi connectivity index (χ0) is 17.9. The van der Waals surface area contributed by atoms with Crippen LogP contribution in [0.1, 0.15) is 29.1 Å². The molecule has 0 unspecified atom stereocenters. The van der Waals surface area contributed by atoms with Crippen molar-refractivity contribution in [3.8, 4) is 11.3 Å². The van der Waals surface area contributed by atoms with E-state index in [0.717, 1.165) is 30.9 Å². The van der Waals surface area contributed by atoms with E-state index < -0.39 is 0 Å². The molecule has 1 saturated heterocycles. The fourth-order valence-electron chi connectivity index (χ4n) is 2.99. The van der Waals surface area contributed by atoms with Crippen molar-refractivity contribution in [2.24, 2.45) is 0 Å². The van der Waals surface area contributed by atoms with Gasteiger partial charge >= 0.3 is 0 Å². The van der Waals surface area contributed by atoms with E-state index in [1.54, 1.807) is 24.3 Å². The van der Waals surface area contributed by atoms with E-state index in [1.807, 2.05) is 17.5 Å². The summed E-state index contributed by atoms with van der Waals surface area (Å²) in [5.41, 5.74) is 1.86. The summed E-state index contributed by atoms with van der Waals surface area (Å²) >= 11 is 7.33. The third-order valence-electron chi connectivity index (χ3n) is 4.32. The van der Waals surface area contributed by atoms with Gasteiger partial charge in [-0.1, -0.05) is 11.6 Å². The number of likely N-dealkylation sites (tertiary alicyclic amines) is 1. The number of aromatic nitrogens is 1. The van der Waals surface area contributed by atoms with Crippen LogP contribution in [0.2, 0.25) is 5.02 Å². The van der Waals surface area contributed by atoms with Crippen LogP contribution in [0.5, 0.6) is 0 Å². The highest BCUT2D eigenvalue weighted by Crippen LogP contribution is 2.25. The molecule has 0 atom stereocenters. The van der Waals surface area contributed by atoms with Gasteiger partial charge in [-0.2, -0.15) is 0 Å². The topological polar surface area (TPSA) is 58.4 Å². The van der Waals surface area contributed by atoms with Crippen LogP contribution in [0, 0.1) is 0 Å². The lowest BCUT2D eigenvalue weighted by Gasteiger charge is -2.11. The molecular formula is C19H18ClN3O2S. The van der Waals surface area contributed by atoms with E-state index in [0.29, 0.717) is 15.9 Å². The second-order valence-electron chi connectivity index (χ2n) is 6.25. The summed E-state index contributed by atoms with van der Waals surface area (Å²) in [7, 11) is 0. The summed E-state index contributed by atoms with van der Waals surface area (Å²) in [6, 6.07) is 10.7. The minimum atomic E-state index is -0.299. The Bertz CT molecular complexity index is 898. The van der Waals surface area contributed by atoms with Gasteiger partial charge < -0.3 is 4.42 Å². The third-order valence-corrected chi connectivity index (χ3v) is 5.37. The molecule has 1 aromatic carbocycles. The zero-order valence-corrected chi connectivity index (χ0v) is 15.6. The van der Waals surface area contributed by atoms with Gasteiger partial charge in [0.25, 0.3) is 5.91 Å². The van der Waals surface area contributed by atoms with Crippen LogP contribution in [0.4, 0.5) is 5.13 Å². The van der Waals surface area contributed by atoms with Crippen LogP contribution in [0.15, 0.2) is 46.2 Å². The van der Waals surface area contributed by atoms with Gasteiger partial charge in [-0.3, -0.25) is 15.0 Å². The number of anilines is 1. The molecule has 7 heteroatoms. The first-order valence-electron chi connectivity index (χ1n) is 8.51. The Hall–Kier alpha value is -2.15. The largest absolute Gasteiger partial charge is 0.451 e. The van der Waals surface area contributed by atoms with E-state index in [-0.39, 0.29) is 11.7 Å². The average Bonchev–Trinajstić information content (AvgIpc) is 3.38. The number of carbonyl (C=O) groups is 1. The van der Waals surface area contributed by atoms with E-state index >= 15 is 0 Å². The highest BCUT2D eigenvalue weighted by Gasteiger charge is 2.16. The van der Waals surface area contributed by atoms with Gasteiger partial charge in [0.2, 0.25) is 0 Å². The molecule has 0 radical (unpaired) electrons. The molecule has 1 aliphatic rings. The maximum atomic E-state index is 12.4. The Kier molecular flexibility index (Phi) is 5.06. The van der Waals surface area contributed by atoms with Gasteiger partial charge in [0, 0.05) is 22.5 Å². The summed E-state index contributed by atoms with van der Waals surface area (Å²) in [5.74, 6) is 0.583. The molecule has 134 valence electrons. The number of hydrogen-bond donors (Lipinski definition) is 1. The number of amides is 1. The highest BCUT2D eigenvalue weighted by atomic mass is 35.5. The average molecular weight is 388 g/mol. The van der Waals surface area contributed by atoms with E-state index in [4.69, 9.17) is 16.0 Å². The molecule has 3 heterocycles. The molecular weight excluding hydrogens is 370 g/mol. The van der Waals surface area contributed by atoms with E-state index in [1.165, 1.54) is 24.2 Å². The molecule has 0 spiro atoms. The fourth-order valence-corrected chi connectivity index (χ4v) is 3.82. The van der Waals surface area contributed by atoms with Crippen LogP contribution in [-0.4, -0.2) is 28.9 Å². The fraction of sp³-hybridized carbons (Fsp3) is 0.263. The number of rotatable bonds is 5. The molecule has 26 heavy (non-hydrogen) atoms. The van der Waals surface area contributed by atoms with Crippen molar-refractivity contribution in [3.05, 3.63) is 58.3 Å². The lowest BCUT2D eigenvalue weighted by Crippen LogP contribution is -2.18. The van der Waals surface area contributed by atoms with E-state index in [9.17, 15) is 4.79 Å². The Balaban J connectivity index is 1.40. The molecule has 2 aromatic heterocycles. The summed E-state index contributed by atoms with van der Waals surface area (Å²) < 4.78 is 5.67. The molecule has 1 aliphatic heterocycles. The van der Waals surface area contributed by atoms with Gasteiger partial charge in [-0.05, 0) is 62.3 Å². The van der Waals surface area contributed by atoms with Crippen molar-refractivity contribution < 1.29 is 9.21 Å². The van der Waals surface area contributed by atoms with Crippen LogP contribution in [-0.2, 0) is 6.54 Å². The van der Waals surface area contributed by atoms with Crippen molar-refractivity contribution in [2.75, 3.05) is 18.4 Å². The molecule has 4 rings (SSSR count). The Morgan fingerprint density at radius 1 is 1.19 bits per heavy atom. The van der Waals surface area contributed by atoms with Gasteiger partial charge in [0.15, 0.2) is 10.9 Å². The number of furan rings is 1. The van der Waals surface area contributed by atoms with Crippen LogP contribution in [0.3, 0.4) is 0 Å². The Morgan fingerprint density at radius 3 is 2.73 bits per heavy atom. The van der Waals surface area contributed by atoms with Crippen LogP contribution < -0.4 is 5.32 Å². The maximum absolute atomic E-state index is 12.4. The quantitative estimate of drug-likeness (QED) is 0.676. The lowest BCUT2D eigenvalue weighted by atomic mass is 10.2. The van der Waals surface area contributed by atoms with Gasteiger partial charge in [-0.15, -0.1) is 11.3 Å². The van der Waals surface area contributed by atoms with Gasteiger partial charge in [0.05, 0.1) is 5.69 Å². The minimum Gasteiger partial charge on any atom is -0.451 e. The standard InChI is InChI=1S/C19H18ClN3O2S/c20-14-5-3-13(4-6-14)16-7-8-17(25-16)18(24)22-19-21-15(12-26-19)11-23-9-1-2-10-23/h3-8,12H,1-2,9-11H2,(H,21,22,24). The molecule has 0 aliphatic carbocycles. The Morgan fingerprint density at radius 2 is 1.96 bits per heavy atom. The van der Waals surface area contributed by atoms with Crippen molar-refractivity contribution in [1.82, 2.24) is 9.88 Å². The number of halogens is 1. The molecule has 3 aromatic rings. The lowest BCUT2D eigenvalue weighted by molar-refractivity contribution is 0.0997. The first-order valence-corrected chi connectivity index (χ1v) is 9.77. The minimum absolute atomic E-state index is 0.256. The smallest absolute Gasteiger partial charge is 0.293 e. The number of carbonyl (C=O) groups excluding carboxylic acids is 1. The van der Waals surface area contributed by atoms with Gasteiger partial charge in [0.1, 0.15) is 5.76 Å². The van der Waals surface area contributed by atoms with Crippen LogP contribution in [0.25, 0.3) is 11.3 Å². The monoisotopic (exact) mass is 387 g/mol. The predicted octanol–water partition coefficient (Wildman–Crippen LogP) is 4.90. The maximum Gasteiger partial charge on any atom is 0.293 e. The second kappa shape index (κ2) is 7.61. The SMILES string of the molecule is O=C(Nc1nc(CN2CCCC2)cs1)c1ccc(-c2ccc(Cl)cc2)o1. The van der Waals surface area contributed by atoms with Crippen molar-refractivity contribution in [2.45, 2.75) is 19.4 Å². The molecule has 1 amide bonds. The number of nitrogens with one attached hydrogen (secondary N) is 1. The molecule has 0 bridgehead atoms. The first-order chi connectivity index (χ1) is 12.7. The second-order valence-corrected chi connectivity index (χ2v) is 7.55. The van der Waals surface area contributed by atoms with Crippen molar-refractivity contribution in [3.63, 3.8) is 0 Å². The Labute approximate surface area is 160 Å². The third kappa shape index (κ3) is 3.98. The molecule has 5 nitrogen and oxygen atoms in total. The molecule has 1 fully saturated rings. The summed E-state index contributed by atoms with van der Waals surface area (Å²) in [6.45, 7) is 3.09. The summed E-state index contributed by atoms with van der Waals surface area (Å²) in [6.07, 6.45) is 2.50. The number of nitrogens with zero attached hydrogens (tertiary/aromatic N) is 2. The summed E-state index contributed by atoms with van der Waals surface area (Å²) in [4.78, 5) is 19.3.